The number of morpholine rings is 1. The summed E-state index contributed by atoms with van der Waals surface area (Å²) in [5, 5.41) is 6.34. The topological polar surface area (TPSA) is 79.4 Å². The zero-order valence-corrected chi connectivity index (χ0v) is 12.7. The van der Waals surface area contributed by atoms with Crippen molar-refractivity contribution in [3.63, 3.8) is 0 Å². The van der Waals surface area contributed by atoms with Crippen molar-refractivity contribution in [2.45, 2.75) is 20.3 Å². The molecule has 0 atom stereocenters. The summed E-state index contributed by atoms with van der Waals surface area (Å²) in [6, 6.07) is 1.86. The van der Waals surface area contributed by atoms with E-state index in [4.69, 9.17) is 4.74 Å². The third-order valence-electron chi connectivity index (χ3n) is 3.20. The number of nitrogens with zero attached hydrogens (tertiary/aromatic N) is 3. The maximum atomic E-state index is 12.0. The molecule has 1 aromatic rings. The number of ether oxygens (including phenoxy) is 1. The van der Waals surface area contributed by atoms with E-state index in [1.807, 2.05) is 24.8 Å². The molecule has 0 unspecified atom stereocenters. The summed E-state index contributed by atoms with van der Waals surface area (Å²) in [6.07, 6.45) is 0.458. The second-order valence-corrected chi connectivity index (χ2v) is 4.89. The van der Waals surface area contributed by atoms with E-state index in [1.54, 1.807) is 0 Å². The van der Waals surface area contributed by atoms with E-state index in [2.05, 4.69) is 20.6 Å². The third-order valence-corrected chi connectivity index (χ3v) is 3.20. The molecule has 1 aliphatic rings. The van der Waals surface area contributed by atoms with Crippen LogP contribution in [0.3, 0.4) is 0 Å². The van der Waals surface area contributed by atoms with E-state index in [-0.39, 0.29) is 5.91 Å². The number of rotatable bonds is 6. The van der Waals surface area contributed by atoms with Crippen LogP contribution in [0.15, 0.2) is 6.07 Å². The van der Waals surface area contributed by atoms with Crippen LogP contribution in [0, 0.1) is 6.92 Å². The second kappa shape index (κ2) is 7.78. The van der Waals surface area contributed by atoms with Crippen LogP contribution < -0.4 is 10.6 Å². The minimum Gasteiger partial charge on any atom is -0.378 e. The van der Waals surface area contributed by atoms with Crippen molar-refractivity contribution < 1.29 is 9.53 Å². The van der Waals surface area contributed by atoms with E-state index in [1.165, 1.54) is 0 Å². The number of aromatic nitrogens is 2. The van der Waals surface area contributed by atoms with Crippen molar-refractivity contribution in [2.24, 2.45) is 0 Å². The summed E-state index contributed by atoms with van der Waals surface area (Å²) in [6.45, 7) is 7.90. The van der Waals surface area contributed by atoms with Crippen LogP contribution in [0.5, 0.6) is 0 Å². The molecule has 1 saturated heterocycles. The van der Waals surface area contributed by atoms with Gasteiger partial charge in [0.15, 0.2) is 0 Å². The summed E-state index contributed by atoms with van der Waals surface area (Å²) in [5.41, 5.74) is 0. The molecule has 116 valence electrons. The summed E-state index contributed by atoms with van der Waals surface area (Å²) in [7, 11) is 0. The molecule has 2 N–H and O–H groups in total. The predicted octanol–water partition coefficient (Wildman–Crippen LogP) is 0.878. The van der Waals surface area contributed by atoms with Crippen LogP contribution in [0.4, 0.5) is 11.6 Å². The number of amides is 1. The highest BCUT2D eigenvalue weighted by Gasteiger charge is 2.16. The van der Waals surface area contributed by atoms with E-state index in [0.717, 1.165) is 18.2 Å². The van der Waals surface area contributed by atoms with Crippen molar-refractivity contribution in [3.8, 4) is 0 Å². The molecular formula is C14H23N5O2. The van der Waals surface area contributed by atoms with Gasteiger partial charge >= 0.3 is 0 Å². The van der Waals surface area contributed by atoms with Crippen molar-refractivity contribution in [3.05, 3.63) is 11.9 Å². The first kappa shape index (κ1) is 15.5. The first-order chi connectivity index (χ1) is 10.2. The lowest BCUT2D eigenvalue weighted by molar-refractivity contribution is -0.134. The van der Waals surface area contributed by atoms with Gasteiger partial charge in [-0.2, -0.15) is 0 Å². The largest absolute Gasteiger partial charge is 0.378 e. The first-order valence-electron chi connectivity index (χ1n) is 7.38. The lowest BCUT2D eigenvalue weighted by Gasteiger charge is -2.26. The number of aryl methyl sites for hydroxylation is 1. The van der Waals surface area contributed by atoms with E-state index < -0.39 is 0 Å². The Hall–Kier alpha value is -1.89. The number of carbonyl (C=O) groups excluding carboxylic acids is 1. The Kier molecular flexibility index (Phi) is 5.74. The summed E-state index contributed by atoms with van der Waals surface area (Å²) in [5.74, 6) is 2.40. The molecule has 0 aromatic carbocycles. The van der Waals surface area contributed by atoms with E-state index in [0.29, 0.717) is 45.1 Å². The average molecular weight is 293 g/mol. The van der Waals surface area contributed by atoms with Crippen LogP contribution in [-0.2, 0) is 9.53 Å². The van der Waals surface area contributed by atoms with E-state index >= 15 is 0 Å². The molecule has 0 radical (unpaired) electrons. The molecule has 2 rings (SSSR count). The molecule has 0 aliphatic carbocycles. The van der Waals surface area contributed by atoms with Gasteiger partial charge in [0, 0.05) is 38.7 Å². The third kappa shape index (κ3) is 4.86. The highest BCUT2D eigenvalue weighted by atomic mass is 16.5. The molecule has 0 spiro atoms. The molecule has 1 aromatic heterocycles. The summed E-state index contributed by atoms with van der Waals surface area (Å²) < 4.78 is 5.24. The SMILES string of the molecule is CCNc1cc(NCCC(=O)N2CCOCC2)nc(C)n1. The van der Waals surface area contributed by atoms with Crippen molar-refractivity contribution in [2.75, 3.05) is 50.0 Å². The normalized spacial score (nSPS) is 14.9. The molecule has 1 amide bonds. The van der Waals surface area contributed by atoms with Crippen molar-refractivity contribution >= 4 is 17.5 Å². The Balaban J connectivity index is 1.81. The zero-order valence-electron chi connectivity index (χ0n) is 12.7. The van der Waals surface area contributed by atoms with Crippen molar-refractivity contribution in [1.29, 1.82) is 0 Å². The Bertz CT molecular complexity index is 474. The molecule has 7 nitrogen and oxygen atoms in total. The van der Waals surface area contributed by atoms with Gasteiger partial charge in [-0.3, -0.25) is 4.79 Å². The van der Waals surface area contributed by atoms with Gasteiger partial charge in [0.05, 0.1) is 13.2 Å². The predicted molar refractivity (Wildman–Crippen MR) is 81.4 cm³/mol. The fourth-order valence-electron chi connectivity index (χ4n) is 2.20. The molecular weight excluding hydrogens is 270 g/mol. The minimum absolute atomic E-state index is 0.156. The molecule has 7 heteroatoms. The Labute approximate surface area is 125 Å². The molecule has 1 fully saturated rings. The standard InChI is InChI=1S/C14H23N5O2/c1-3-15-12-10-13(18-11(2)17-12)16-5-4-14(20)19-6-8-21-9-7-19/h10H,3-9H2,1-2H3,(H2,15,16,17,18). The summed E-state index contributed by atoms with van der Waals surface area (Å²) in [4.78, 5) is 22.5. The van der Waals surface area contributed by atoms with Gasteiger partial charge in [-0.05, 0) is 13.8 Å². The number of hydrogen-bond acceptors (Lipinski definition) is 6. The molecule has 2 heterocycles. The van der Waals surface area contributed by atoms with Crippen LogP contribution in [0.2, 0.25) is 0 Å². The maximum absolute atomic E-state index is 12.0. The Morgan fingerprint density at radius 2 is 1.95 bits per heavy atom. The van der Waals surface area contributed by atoms with Crippen LogP contribution in [0.1, 0.15) is 19.2 Å². The molecule has 0 bridgehead atoms. The fraction of sp³-hybridized carbons (Fsp3) is 0.643. The minimum atomic E-state index is 0.156. The van der Waals surface area contributed by atoms with Gasteiger partial charge in [0.2, 0.25) is 5.91 Å². The highest BCUT2D eigenvalue weighted by Crippen LogP contribution is 2.11. The summed E-state index contributed by atoms with van der Waals surface area (Å²) >= 11 is 0. The smallest absolute Gasteiger partial charge is 0.224 e. The number of hydrogen-bond donors (Lipinski definition) is 2. The molecule has 21 heavy (non-hydrogen) atoms. The van der Waals surface area contributed by atoms with Gasteiger partial charge < -0.3 is 20.3 Å². The Morgan fingerprint density at radius 3 is 2.62 bits per heavy atom. The first-order valence-corrected chi connectivity index (χ1v) is 7.38. The van der Waals surface area contributed by atoms with Crippen LogP contribution in [0.25, 0.3) is 0 Å². The highest BCUT2D eigenvalue weighted by molar-refractivity contribution is 5.76. The van der Waals surface area contributed by atoms with Gasteiger partial charge in [0.25, 0.3) is 0 Å². The van der Waals surface area contributed by atoms with Crippen LogP contribution >= 0.6 is 0 Å². The lowest BCUT2D eigenvalue weighted by atomic mass is 10.3. The van der Waals surface area contributed by atoms with Gasteiger partial charge in [0.1, 0.15) is 17.5 Å². The average Bonchev–Trinajstić information content (AvgIpc) is 2.48. The van der Waals surface area contributed by atoms with Gasteiger partial charge in [-0.25, -0.2) is 9.97 Å². The fourth-order valence-corrected chi connectivity index (χ4v) is 2.20. The quantitative estimate of drug-likeness (QED) is 0.810. The number of nitrogens with one attached hydrogen (secondary N) is 2. The van der Waals surface area contributed by atoms with Crippen molar-refractivity contribution in [1.82, 2.24) is 14.9 Å². The Morgan fingerprint density at radius 1 is 1.29 bits per heavy atom. The second-order valence-electron chi connectivity index (χ2n) is 4.89. The number of carbonyl (C=O) groups is 1. The van der Waals surface area contributed by atoms with Crippen LogP contribution in [-0.4, -0.2) is 60.2 Å². The lowest BCUT2D eigenvalue weighted by Crippen LogP contribution is -2.41. The molecule has 0 saturated carbocycles. The zero-order chi connectivity index (χ0) is 15.1. The monoisotopic (exact) mass is 293 g/mol. The van der Waals surface area contributed by atoms with E-state index in [9.17, 15) is 4.79 Å². The van der Waals surface area contributed by atoms with Gasteiger partial charge in [-0.15, -0.1) is 0 Å². The molecule has 1 aliphatic heterocycles. The maximum Gasteiger partial charge on any atom is 0.224 e. The van der Waals surface area contributed by atoms with Gasteiger partial charge in [-0.1, -0.05) is 0 Å². The number of anilines is 2.